The lowest BCUT2D eigenvalue weighted by Crippen LogP contribution is -2.51. The Morgan fingerprint density at radius 3 is 2.58 bits per heavy atom. The number of hydrogen-bond donors (Lipinski definition) is 3. The monoisotopic (exact) mass is 450 g/mol. The van der Waals surface area contributed by atoms with E-state index in [1.807, 2.05) is 30.3 Å². The van der Waals surface area contributed by atoms with Crippen LogP contribution in [-0.2, 0) is 21.5 Å². The summed E-state index contributed by atoms with van der Waals surface area (Å²) in [6.07, 6.45) is 0.505. The van der Waals surface area contributed by atoms with Crippen molar-refractivity contribution in [3.05, 3.63) is 65.5 Å². The van der Waals surface area contributed by atoms with Gasteiger partial charge in [0, 0.05) is 30.2 Å². The van der Waals surface area contributed by atoms with Crippen LogP contribution in [0.1, 0.15) is 48.9 Å². The minimum atomic E-state index is -0.627. The van der Waals surface area contributed by atoms with Crippen LogP contribution in [0.2, 0.25) is 0 Å². The zero-order valence-electron chi connectivity index (χ0n) is 19.2. The first-order valence-corrected chi connectivity index (χ1v) is 11.1. The fourth-order valence-corrected chi connectivity index (χ4v) is 4.26. The number of aromatic nitrogens is 2. The Labute approximate surface area is 192 Å². The molecule has 3 N–H and O–H groups in total. The third kappa shape index (κ3) is 4.91. The first kappa shape index (κ1) is 22.9. The van der Waals surface area contributed by atoms with E-state index in [0.29, 0.717) is 25.1 Å². The number of nitrogens with zero attached hydrogens (tertiary/aromatic N) is 2. The van der Waals surface area contributed by atoms with Gasteiger partial charge in [-0.2, -0.15) is 0 Å². The molecule has 0 radical (unpaired) electrons. The molecule has 4 rings (SSSR count). The molecule has 1 fully saturated rings. The van der Waals surface area contributed by atoms with E-state index < -0.39 is 17.9 Å². The topological polar surface area (TPSA) is 105 Å². The predicted octanol–water partition coefficient (Wildman–Crippen LogP) is 3.02. The minimum absolute atomic E-state index is 0.111. The van der Waals surface area contributed by atoms with E-state index in [1.54, 1.807) is 17.6 Å². The molecular weight excluding hydrogens is 420 g/mol. The molecule has 174 valence electrons. The van der Waals surface area contributed by atoms with Gasteiger partial charge in [0.1, 0.15) is 5.82 Å². The zero-order chi connectivity index (χ0) is 23.6. The number of ether oxygens (including phenoxy) is 1. The number of amides is 2. The molecule has 2 atom stereocenters. The van der Waals surface area contributed by atoms with Crippen LogP contribution in [0, 0.1) is 5.92 Å². The van der Waals surface area contributed by atoms with Crippen LogP contribution in [0.15, 0.2) is 48.5 Å². The van der Waals surface area contributed by atoms with Crippen molar-refractivity contribution in [2.24, 2.45) is 5.92 Å². The summed E-state index contributed by atoms with van der Waals surface area (Å²) in [7, 11) is 0. The summed E-state index contributed by atoms with van der Waals surface area (Å²) in [5.74, 6) is -0.430. The number of nitrogens with one attached hydrogen (secondary N) is 2. The molecule has 2 aromatic carbocycles. The molecule has 1 aliphatic heterocycles. The highest BCUT2D eigenvalue weighted by Crippen LogP contribution is 2.27. The molecule has 8 heteroatoms. The fraction of sp³-hybridized carbons (Fsp3) is 0.400. The van der Waals surface area contributed by atoms with Crippen LogP contribution in [0.25, 0.3) is 11.0 Å². The Balaban J connectivity index is 1.51. The molecule has 1 aliphatic rings. The standard InChI is InChI=1S/C25H30N4O4/c1-25(2,3)24-27-20-6-4-5-7-21(20)29(24)14-16-8-10-17(11-9-16)22(30)26-19-12-13-33-15-18(19)23(31)28-32/h4-11,18-19,32H,12-15H2,1-3H3,(H,26,30)(H,28,31)/t18-,19-/m0/s1. The molecule has 3 aromatic rings. The third-order valence-electron chi connectivity index (χ3n) is 6.00. The first-order chi connectivity index (χ1) is 15.8. The maximum absolute atomic E-state index is 12.8. The number of benzene rings is 2. The smallest absolute Gasteiger partial charge is 0.251 e. The van der Waals surface area contributed by atoms with E-state index in [4.69, 9.17) is 14.9 Å². The molecule has 0 aliphatic carbocycles. The quantitative estimate of drug-likeness (QED) is 0.409. The Bertz CT molecular complexity index is 1150. The summed E-state index contributed by atoms with van der Waals surface area (Å²) < 4.78 is 7.55. The second-order valence-electron chi connectivity index (χ2n) is 9.48. The SMILES string of the molecule is CC(C)(C)c1nc2ccccc2n1Cc1ccc(C(=O)N[C@H]2CCOC[C@@H]2C(=O)NO)cc1. The van der Waals surface area contributed by atoms with Crippen LogP contribution < -0.4 is 10.8 Å². The van der Waals surface area contributed by atoms with E-state index in [2.05, 4.69) is 36.7 Å². The van der Waals surface area contributed by atoms with Gasteiger partial charge in [0.2, 0.25) is 0 Å². The third-order valence-corrected chi connectivity index (χ3v) is 6.00. The number of imidazole rings is 1. The van der Waals surface area contributed by atoms with Crippen LogP contribution in [0.4, 0.5) is 0 Å². The van der Waals surface area contributed by atoms with E-state index >= 15 is 0 Å². The first-order valence-electron chi connectivity index (χ1n) is 11.1. The molecular formula is C25H30N4O4. The van der Waals surface area contributed by atoms with Crippen LogP contribution in [0.5, 0.6) is 0 Å². The summed E-state index contributed by atoms with van der Waals surface area (Å²) in [5, 5.41) is 11.9. The number of rotatable bonds is 5. The average Bonchev–Trinajstić information content (AvgIpc) is 3.18. The summed E-state index contributed by atoms with van der Waals surface area (Å²) in [4.78, 5) is 29.5. The second-order valence-corrected chi connectivity index (χ2v) is 9.48. The molecule has 1 saturated heterocycles. The molecule has 0 spiro atoms. The van der Waals surface area contributed by atoms with Gasteiger partial charge in [0.25, 0.3) is 11.8 Å². The summed E-state index contributed by atoms with van der Waals surface area (Å²) in [5.41, 5.74) is 5.17. The van der Waals surface area contributed by atoms with Gasteiger partial charge >= 0.3 is 0 Å². The van der Waals surface area contributed by atoms with Crippen molar-refractivity contribution in [3.63, 3.8) is 0 Å². The largest absolute Gasteiger partial charge is 0.380 e. The molecule has 2 heterocycles. The predicted molar refractivity (Wildman–Crippen MR) is 124 cm³/mol. The van der Waals surface area contributed by atoms with Gasteiger partial charge in [0.05, 0.1) is 23.6 Å². The van der Waals surface area contributed by atoms with Gasteiger partial charge in [-0.3, -0.25) is 14.8 Å². The van der Waals surface area contributed by atoms with Crippen molar-refractivity contribution in [1.29, 1.82) is 0 Å². The molecule has 2 amide bonds. The number of hydrogen-bond acceptors (Lipinski definition) is 5. The summed E-state index contributed by atoms with van der Waals surface area (Å²) >= 11 is 0. The van der Waals surface area contributed by atoms with E-state index in [-0.39, 0.29) is 17.9 Å². The number of para-hydroxylation sites is 2. The number of carbonyl (C=O) groups excluding carboxylic acids is 2. The molecule has 0 bridgehead atoms. The van der Waals surface area contributed by atoms with Crippen molar-refractivity contribution in [2.75, 3.05) is 13.2 Å². The minimum Gasteiger partial charge on any atom is -0.380 e. The Morgan fingerprint density at radius 2 is 1.88 bits per heavy atom. The van der Waals surface area contributed by atoms with Crippen molar-refractivity contribution in [1.82, 2.24) is 20.3 Å². The lowest BCUT2D eigenvalue weighted by molar-refractivity contribution is -0.138. The molecule has 1 aromatic heterocycles. The molecule has 33 heavy (non-hydrogen) atoms. The van der Waals surface area contributed by atoms with Crippen LogP contribution in [0.3, 0.4) is 0 Å². The Morgan fingerprint density at radius 1 is 1.15 bits per heavy atom. The van der Waals surface area contributed by atoms with Crippen molar-refractivity contribution < 1.29 is 19.5 Å². The van der Waals surface area contributed by atoms with E-state index in [0.717, 1.165) is 22.4 Å². The van der Waals surface area contributed by atoms with Gasteiger partial charge in [-0.1, -0.05) is 45.0 Å². The summed E-state index contributed by atoms with van der Waals surface area (Å²) in [6, 6.07) is 15.2. The van der Waals surface area contributed by atoms with Gasteiger partial charge < -0.3 is 14.6 Å². The highest BCUT2D eigenvalue weighted by molar-refractivity contribution is 5.95. The number of carbonyl (C=O) groups is 2. The lowest BCUT2D eigenvalue weighted by Gasteiger charge is -2.30. The normalized spacial score (nSPS) is 18.8. The molecule has 0 unspecified atom stereocenters. The number of hydroxylamine groups is 1. The highest BCUT2D eigenvalue weighted by atomic mass is 16.5. The number of fused-ring (bicyclic) bond motifs is 1. The maximum Gasteiger partial charge on any atom is 0.251 e. The van der Waals surface area contributed by atoms with Gasteiger partial charge in [-0.25, -0.2) is 10.5 Å². The summed E-state index contributed by atoms with van der Waals surface area (Å²) in [6.45, 7) is 7.71. The Kier molecular flexibility index (Phi) is 6.49. The Hall–Kier alpha value is -3.23. The highest BCUT2D eigenvalue weighted by Gasteiger charge is 2.33. The van der Waals surface area contributed by atoms with E-state index in [1.165, 1.54) is 0 Å². The van der Waals surface area contributed by atoms with Gasteiger partial charge in [-0.15, -0.1) is 0 Å². The van der Waals surface area contributed by atoms with Crippen molar-refractivity contribution in [2.45, 2.75) is 45.2 Å². The molecule has 0 saturated carbocycles. The fourth-order valence-electron chi connectivity index (χ4n) is 4.26. The molecule has 8 nitrogen and oxygen atoms in total. The zero-order valence-corrected chi connectivity index (χ0v) is 19.2. The van der Waals surface area contributed by atoms with E-state index in [9.17, 15) is 9.59 Å². The second kappa shape index (κ2) is 9.33. The van der Waals surface area contributed by atoms with Gasteiger partial charge in [0.15, 0.2) is 0 Å². The van der Waals surface area contributed by atoms with Crippen molar-refractivity contribution in [3.8, 4) is 0 Å². The van der Waals surface area contributed by atoms with Crippen molar-refractivity contribution >= 4 is 22.8 Å². The van der Waals surface area contributed by atoms with Crippen LogP contribution >= 0.6 is 0 Å². The lowest BCUT2D eigenvalue weighted by atomic mass is 9.94. The van der Waals surface area contributed by atoms with Crippen LogP contribution in [-0.4, -0.2) is 45.8 Å². The van der Waals surface area contributed by atoms with Gasteiger partial charge in [-0.05, 0) is 36.2 Å². The maximum atomic E-state index is 12.8. The average molecular weight is 451 g/mol.